The zero-order valence-electron chi connectivity index (χ0n) is 23.2. The molecule has 8 nitrogen and oxygen atoms in total. The maximum absolute atomic E-state index is 14.1. The molecule has 2 atom stereocenters. The van der Waals surface area contributed by atoms with Gasteiger partial charge in [-0.25, -0.2) is 4.99 Å². The van der Waals surface area contributed by atoms with Gasteiger partial charge in [-0.05, 0) is 35.9 Å². The third-order valence-corrected chi connectivity index (χ3v) is 7.43. The molecule has 0 aromatic heterocycles. The fraction of sp³-hybridized carbons (Fsp3) is 0.312. The normalized spacial score (nSPS) is 18.4. The highest BCUT2D eigenvalue weighted by Crippen LogP contribution is 2.45. The largest absolute Gasteiger partial charge is 0.494 e. The van der Waals surface area contributed by atoms with Crippen molar-refractivity contribution in [2.75, 3.05) is 34.0 Å². The molecule has 0 saturated carbocycles. The quantitative estimate of drug-likeness (QED) is 0.187. The molecule has 4 rings (SSSR count). The number of nitrogens with one attached hydrogen (secondary N) is 1. The minimum Gasteiger partial charge on any atom is -0.494 e. The Kier molecular flexibility index (Phi) is 11.1. The van der Waals surface area contributed by atoms with Crippen molar-refractivity contribution in [1.82, 2.24) is 5.32 Å². The Bertz CT molecular complexity index is 1330. The Labute approximate surface area is 249 Å². The van der Waals surface area contributed by atoms with Gasteiger partial charge in [-0.1, -0.05) is 76.6 Å². The second kappa shape index (κ2) is 14.9. The first-order chi connectivity index (χ1) is 20.0. The summed E-state index contributed by atoms with van der Waals surface area (Å²) in [6, 6.07) is 24.9. The van der Waals surface area contributed by atoms with Gasteiger partial charge in [0.05, 0.1) is 13.2 Å². The van der Waals surface area contributed by atoms with Crippen molar-refractivity contribution in [2.45, 2.75) is 30.8 Å². The SMILES string of the molecule is COC(CNC(=O)[C@]1(C/C=C/c2ccccc2)N=C(c2ccc(OCCCO)cc2)O[C@@H]1c1ccccc1Br)OC. The number of amides is 1. The summed E-state index contributed by atoms with van der Waals surface area (Å²) in [6.07, 6.45) is 3.42. The van der Waals surface area contributed by atoms with Gasteiger partial charge in [-0.2, -0.15) is 0 Å². The number of halogens is 1. The van der Waals surface area contributed by atoms with Gasteiger partial charge in [0.15, 0.2) is 17.9 Å². The third-order valence-electron chi connectivity index (χ3n) is 6.71. The summed E-state index contributed by atoms with van der Waals surface area (Å²) >= 11 is 3.66. The summed E-state index contributed by atoms with van der Waals surface area (Å²) in [4.78, 5) is 19.1. The third kappa shape index (κ3) is 7.62. The van der Waals surface area contributed by atoms with E-state index in [1.807, 2.05) is 91.0 Å². The van der Waals surface area contributed by atoms with E-state index >= 15 is 0 Å². The number of hydrogen-bond donors (Lipinski definition) is 2. The highest BCUT2D eigenvalue weighted by atomic mass is 79.9. The Morgan fingerprint density at radius 1 is 1.07 bits per heavy atom. The molecule has 9 heteroatoms. The lowest BCUT2D eigenvalue weighted by atomic mass is 9.84. The zero-order valence-corrected chi connectivity index (χ0v) is 24.8. The molecule has 0 fully saturated rings. The predicted octanol–water partition coefficient (Wildman–Crippen LogP) is 5.31. The number of aliphatic hydroxyl groups excluding tert-OH is 1. The van der Waals surface area contributed by atoms with Crippen molar-refractivity contribution in [3.63, 3.8) is 0 Å². The van der Waals surface area contributed by atoms with E-state index < -0.39 is 17.9 Å². The van der Waals surface area contributed by atoms with Gasteiger partial charge >= 0.3 is 0 Å². The predicted molar refractivity (Wildman–Crippen MR) is 162 cm³/mol. The minimum atomic E-state index is -1.33. The van der Waals surface area contributed by atoms with Crippen LogP contribution in [-0.2, 0) is 19.0 Å². The maximum atomic E-state index is 14.1. The molecule has 0 aliphatic carbocycles. The molecule has 0 unspecified atom stereocenters. The van der Waals surface area contributed by atoms with Gasteiger partial charge in [0.25, 0.3) is 5.91 Å². The van der Waals surface area contributed by atoms with Crippen LogP contribution in [0.5, 0.6) is 5.75 Å². The number of carbonyl (C=O) groups is 1. The van der Waals surface area contributed by atoms with Crippen LogP contribution in [0.15, 0.2) is 94.4 Å². The van der Waals surface area contributed by atoms with Gasteiger partial charge in [0.2, 0.25) is 5.90 Å². The highest BCUT2D eigenvalue weighted by Gasteiger charge is 2.53. The maximum Gasteiger partial charge on any atom is 0.252 e. The summed E-state index contributed by atoms with van der Waals surface area (Å²) in [5.41, 5.74) is 1.20. The van der Waals surface area contributed by atoms with E-state index in [0.717, 1.165) is 15.6 Å². The lowest BCUT2D eigenvalue weighted by Crippen LogP contribution is -2.50. The van der Waals surface area contributed by atoms with E-state index in [0.29, 0.717) is 30.2 Å². The molecule has 3 aromatic carbocycles. The molecule has 1 amide bonds. The number of rotatable bonds is 14. The summed E-state index contributed by atoms with van der Waals surface area (Å²) in [5.74, 6) is 0.711. The second-order valence-corrected chi connectivity index (χ2v) is 10.3. The van der Waals surface area contributed by atoms with E-state index in [4.69, 9.17) is 29.0 Å². The van der Waals surface area contributed by atoms with E-state index in [2.05, 4.69) is 21.2 Å². The number of aliphatic hydroxyl groups is 1. The Balaban J connectivity index is 1.74. The average Bonchev–Trinajstić information content (AvgIpc) is 3.39. The molecule has 1 aliphatic rings. The van der Waals surface area contributed by atoms with Crippen molar-refractivity contribution >= 4 is 33.8 Å². The fourth-order valence-corrected chi connectivity index (χ4v) is 5.00. The summed E-state index contributed by atoms with van der Waals surface area (Å²) in [7, 11) is 3.05. The molecule has 1 aliphatic heterocycles. The molecule has 0 spiro atoms. The molecule has 0 bridgehead atoms. The first-order valence-electron chi connectivity index (χ1n) is 13.4. The molecule has 41 heavy (non-hydrogen) atoms. The minimum absolute atomic E-state index is 0.0670. The van der Waals surface area contributed by atoms with Crippen LogP contribution < -0.4 is 10.1 Å². The monoisotopic (exact) mass is 622 g/mol. The number of methoxy groups -OCH3 is 2. The number of carbonyl (C=O) groups excluding carboxylic acids is 1. The highest BCUT2D eigenvalue weighted by molar-refractivity contribution is 9.10. The number of hydrogen-bond acceptors (Lipinski definition) is 7. The van der Waals surface area contributed by atoms with Crippen LogP contribution in [-0.4, -0.2) is 62.7 Å². The Hall–Kier alpha value is -3.50. The van der Waals surface area contributed by atoms with Crippen molar-refractivity contribution in [3.05, 3.63) is 106 Å². The van der Waals surface area contributed by atoms with Gasteiger partial charge < -0.3 is 29.4 Å². The van der Waals surface area contributed by atoms with Gasteiger partial charge in [0, 0.05) is 49.3 Å². The topological polar surface area (TPSA) is 98.6 Å². The number of ether oxygens (including phenoxy) is 4. The molecule has 3 aromatic rings. The summed E-state index contributed by atoms with van der Waals surface area (Å²) in [5, 5.41) is 12.0. The van der Waals surface area contributed by atoms with Crippen LogP contribution in [0, 0.1) is 0 Å². The molecule has 216 valence electrons. The molecule has 0 radical (unpaired) electrons. The molecular weight excluding hydrogens is 588 g/mol. The van der Waals surface area contributed by atoms with Crippen LogP contribution >= 0.6 is 15.9 Å². The first-order valence-corrected chi connectivity index (χ1v) is 14.2. The zero-order chi connectivity index (χ0) is 29.1. The van der Waals surface area contributed by atoms with Crippen molar-refractivity contribution in [2.24, 2.45) is 4.99 Å². The fourth-order valence-electron chi connectivity index (χ4n) is 4.51. The van der Waals surface area contributed by atoms with Crippen molar-refractivity contribution < 1.29 is 28.8 Å². The molecular formula is C32H35BrN2O6. The van der Waals surface area contributed by atoms with Crippen LogP contribution in [0.1, 0.15) is 35.6 Å². The van der Waals surface area contributed by atoms with Crippen LogP contribution in [0.4, 0.5) is 0 Å². The summed E-state index contributed by atoms with van der Waals surface area (Å²) < 4.78 is 23.6. The van der Waals surface area contributed by atoms with E-state index in [-0.39, 0.29) is 25.5 Å². The standard InChI is InChI=1S/C32H35BrN2O6/c1-38-28(39-2)22-34-31(37)32(19-8-12-23-10-4-3-5-11-23)29(26-13-6-7-14-27(26)33)41-30(35-32)24-15-17-25(18-16-24)40-21-9-20-36/h3-8,10-18,28-29,36H,9,19-22H2,1-2H3,(H,34,37)/b12-8+/t29-,32-/m1/s1. The molecule has 0 saturated heterocycles. The molecule has 1 heterocycles. The van der Waals surface area contributed by atoms with Crippen molar-refractivity contribution in [3.8, 4) is 5.75 Å². The molecule has 2 N–H and O–H groups in total. The van der Waals surface area contributed by atoms with E-state index in [9.17, 15) is 4.79 Å². The van der Waals surface area contributed by atoms with E-state index in [1.165, 1.54) is 14.2 Å². The van der Waals surface area contributed by atoms with Crippen molar-refractivity contribution in [1.29, 1.82) is 0 Å². The van der Waals surface area contributed by atoms with Gasteiger partial charge in [-0.3, -0.25) is 4.79 Å². The van der Waals surface area contributed by atoms with Gasteiger partial charge in [-0.15, -0.1) is 0 Å². The summed E-state index contributed by atoms with van der Waals surface area (Å²) in [6.45, 7) is 0.624. The van der Waals surface area contributed by atoms with Gasteiger partial charge in [0.1, 0.15) is 5.75 Å². The number of benzene rings is 3. The Morgan fingerprint density at radius 2 is 1.78 bits per heavy atom. The van der Waals surface area contributed by atoms with E-state index in [1.54, 1.807) is 0 Å². The van der Waals surface area contributed by atoms with Crippen LogP contribution in [0.2, 0.25) is 0 Å². The number of aliphatic imine (C=N–C) groups is 1. The lowest BCUT2D eigenvalue weighted by Gasteiger charge is -2.30. The first kappa shape index (κ1) is 30.5. The van der Waals surface area contributed by atoms with Crippen LogP contribution in [0.25, 0.3) is 6.08 Å². The van der Waals surface area contributed by atoms with Crippen LogP contribution in [0.3, 0.4) is 0 Å². The smallest absolute Gasteiger partial charge is 0.252 e. The second-order valence-electron chi connectivity index (χ2n) is 9.44. The Morgan fingerprint density at radius 3 is 2.46 bits per heavy atom. The number of nitrogens with zero attached hydrogens (tertiary/aromatic N) is 1. The lowest BCUT2D eigenvalue weighted by molar-refractivity contribution is -0.134. The average molecular weight is 624 g/mol.